The van der Waals surface area contributed by atoms with Gasteiger partial charge in [0.05, 0.1) is 10.5 Å². The van der Waals surface area contributed by atoms with Crippen molar-refractivity contribution in [2.75, 3.05) is 5.32 Å². The number of benzene rings is 3. The zero-order valence-corrected chi connectivity index (χ0v) is 14.2. The molecule has 0 spiro atoms. The lowest BCUT2D eigenvalue weighted by Crippen LogP contribution is -2.21. The highest BCUT2D eigenvalue weighted by atomic mass is 16.6. The molecular weight excluding hydrogens is 364 g/mol. The third-order valence-corrected chi connectivity index (χ3v) is 4.48. The quantitative estimate of drug-likeness (QED) is 0.368. The molecule has 138 valence electrons. The minimum atomic E-state index is -1.02. The molecule has 8 heteroatoms. The maximum Gasteiger partial charge on any atom is 0.352 e. The van der Waals surface area contributed by atoms with Crippen LogP contribution in [-0.2, 0) is 0 Å². The van der Waals surface area contributed by atoms with Gasteiger partial charge in [-0.05, 0) is 36.4 Å². The van der Waals surface area contributed by atoms with Crippen LogP contribution in [0.15, 0.2) is 54.6 Å². The number of nitrogens with one attached hydrogen (secondary N) is 1. The number of aromatic hydroxyl groups is 2. The van der Waals surface area contributed by atoms with Crippen molar-refractivity contribution in [2.45, 2.75) is 0 Å². The van der Waals surface area contributed by atoms with Gasteiger partial charge in [-0.25, -0.2) is 0 Å². The number of nitrogens with zero attached hydrogens (tertiary/aromatic N) is 1. The minimum absolute atomic E-state index is 0.0198. The van der Waals surface area contributed by atoms with E-state index in [1.807, 2.05) is 30.3 Å². The van der Waals surface area contributed by atoms with Gasteiger partial charge in [-0.1, -0.05) is 18.2 Å². The van der Waals surface area contributed by atoms with Crippen LogP contribution in [-0.4, -0.2) is 26.7 Å². The van der Waals surface area contributed by atoms with Crippen molar-refractivity contribution in [1.29, 1.82) is 0 Å². The Morgan fingerprint density at radius 1 is 0.821 bits per heavy atom. The Morgan fingerprint density at radius 2 is 1.54 bits per heavy atom. The Bertz CT molecular complexity index is 1170. The molecule has 0 aromatic heterocycles. The first-order valence-electron chi connectivity index (χ1n) is 8.17. The van der Waals surface area contributed by atoms with Crippen molar-refractivity contribution in [3.05, 3.63) is 87.0 Å². The summed E-state index contributed by atoms with van der Waals surface area (Å²) in [6.45, 7) is 0. The number of nitro benzene ring substituents is 1. The fourth-order valence-corrected chi connectivity index (χ4v) is 3.21. The van der Waals surface area contributed by atoms with Gasteiger partial charge < -0.3 is 15.5 Å². The fraction of sp³-hybridized carbons (Fsp3) is 0. The normalized spacial score (nSPS) is 12.3. The van der Waals surface area contributed by atoms with E-state index in [1.165, 1.54) is 12.1 Å². The molecule has 0 fully saturated rings. The molecule has 8 nitrogen and oxygen atoms in total. The summed E-state index contributed by atoms with van der Waals surface area (Å²) >= 11 is 0. The second kappa shape index (κ2) is 6.20. The van der Waals surface area contributed by atoms with Gasteiger partial charge in [0.15, 0.2) is 17.3 Å². The summed E-state index contributed by atoms with van der Waals surface area (Å²) in [7, 11) is 0. The molecule has 3 N–H and O–H groups in total. The Labute approximate surface area is 157 Å². The zero-order valence-electron chi connectivity index (χ0n) is 14.2. The largest absolute Gasteiger partial charge is 0.502 e. The molecule has 0 amide bonds. The summed E-state index contributed by atoms with van der Waals surface area (Å²) in [6, 6.07) is 14.5. The van der Waals surface area contributed by atoms with Crippen LogP contribution in [0.25, 0.3) is 0 Å². The first-order chi connectivity index (χ1) is 13.4. The maximum absolute atomic E-state index is 12.9. The SMILES string of the molecule is O=C1c2cc(Nc3ccccc3)ccc2C(=O)c2c1cc(O)c([N+](=O)[O-])c2O. The molecule has 28 heavy (non-hydrogen) atoms. The first-order valence-corrected chi connectivity index (χ1v) is 8.17. The highest BCUT2D eigenvalue weighted by molar-refractivity contribution is 6.30. The number of carbonyl (C=O) groups is 2. The van der Waals surface area contributed by atoms with Gasteiger partial charge in [0, 0.05) is 28.1 Å². The Balaban J connectivity index is 1.83. The Morgan fingerprint density at radius 3 is 2.21 bits per heavy atom. The van der Waals surface area contributed by atoms with Gasteiger partial charge in [-0.15, -0.1) is 0 Å². The molecule has 1 aliphatic rings. The lowest BCUT2D eigenvalue weighted by molar-refractivity contribution is -0.386. The van der Waals surface area contributed by atoms with Gasteiger partial charge in [0.1, 0.15) is 0 Å². The standard InChI is InChI=1S/C20H12N2O6/c23-15-9-14-16(20(26)17(15)22(27)28)19(25)12-7-6-11(8-13(12)18(14)24)21-10-4-2-1-3-5-10/h1-9,21,23,26H. The number of ketones is 2. The van der Waals surface area contributed by atoms with Crippen molar-refractivity contribution in [3.8, 4) is 11.5 Å². The molecule has 4 rings (SSSR count). The summed E-state index contributed by atoms with van der Waals surface area (Å²) < 4.78 is 0. The van der Waals surface area contributed by atoms with E-state index in [0.717, 1.165) is 11.8 Å². The number of nitro groups is 1. The molecule has 0 radical (unpaired) electrons. The van der Waals surface area contributed by atoms with Crippen LogP contribution in [0.3, 0.4) is 0 Å². The van der Waals surface area contributed by atoms with Gasteiger partial charge in [-0.3, -0.25) is 19.7 Å². The molecule has 3 aromatic rings. The predicted octanol–water partition coefficient (Wildman–Crippen LogP) is 3.53. The zero-order chi connectivity index (χ0) is 20.0. The minimum Gasteiger partial charge on any atom is -0.502 e. The molecule has 3 aromatic carbocycles. The van der Waals surface area contributed by atoms with Crippen LogP contribution < -0.4 is 5.32 Å². The molecule has 0 atom stereocenters. The van der Waals surface area contributed by atoms with Crippen LogP contribution in [0.1, 0.15) is 31.8 Å². The van der Waals surface area contributed by atoms with E-state index in [0.29, 0.717) is 5.69 Å². The molecule has 1 aliphatic carbocycles. The van der Waals surface area contributed by atoms with Gasteiger partial charge in [-0.2, -0.15) is 0 Å². The lowest BCUT2D eigenvalue weighted by atomic mass is 9.82. The summed E-state index contributed by atoms with van der Waals surface area (Å²) in [4.78, 5) is 35.7. The van der Waals surface area contributed by atoms with Gasteiger partial charge >= 0.3 is 5.69 Å². The van der Waals surface area contributed by atoms with Gasteiger partial charge in [0.25, 0.3) is 0 Å². The fourth-order valence-electron chi connectivity index (χ4n) is 3.21. The van der Waals surface area contributed by atoms with E-state index >= 15 is 0 Å². The number of hydrogen-bond donors (Lipinski definition) is 3. The number of phenols is 2. The van der Waals surface area contributed by atoms with Crippen molar-refractivity contribution in [1.82, 2.24) is 0 Å². The Kier molecular flexibility index (Phi) is 3.82. The van der Waals surface area contributed by atoms with Crippen molar-refractivity contribution < 1.29 is 24.7 Å². The van der Waals surface area contributed by atoms with E-state index in [9.17, 15) is 29.9 Å². The van der Waals surface area contributed by atoms with Crippen LogP contribution in [0.4, 0.5) is 17.1 Å². The number of anilines is 2. The third kappa shape index (κ3) is 2.55. The second-order valence-corrected chi connectivity index (χ2v) is 6.18. The number of para-hydroxylation sites is 1. The molecule has 0 saturated heterocycles. The van der Waals surface area contributed by atoms with E-state index in [4.69, 9.17) is 0 Å². The predicted molar refractivity (Wildman–Crippen MR) is 99.5 cm³/mol. The number of phenolic OH excluding ortho intramolecular Hbond substituents is 2. The van der Waals surface area contributed by atoms with Crippen LogP contribution in [0.2, 0.25) is 0 Å². The molecule has 0 unspecified atom stereocenters. The van der Waals surface area contributed by atoms with E-state index in [-0.39, 0.29) is 16.7 Å². The van der Waals surface area contributed by atoms with Crippen molar-refractivity contribution in [2.24, 2.45) is 0 Å². The number of fused-ring (bicyclic) bond motifs is 2. The molecule has 0 aliphatic heterocycles. The topological polar surface area (TPSA) is 130 Å². The van der Waals surface area contributed by atoms with Crippen molar-refractivity contribution >= 4 is 28.6 Å². The molecule has 0 heterocycles. The lowest BCUT2D eigenvalue weighted by Gasteiger charge is -2.19. The second-order valence-electron chi connectivity index (χ2n) is 6.18. The third-order valence-electron chi connectivity index (χ3n) is 4.48. The van der Waals surface area contributed by atoms with E-state index < -0.39 is 39.2 Å². The van der Waals surface area contributed by atoms with Crippen LogP contribution in [0.5, 0.6) is 11.5 Å². The monoisotopic (exact) mass is 376 g/mol. The first kappa shape index (κ1) is 17.2. The van der Waals surface area contributed by atoms with Crippen LogP contribution >= 0.6 is 0 Å². The summed E-state index contributed by atoms with van der Waals surface area (Å²) in [6.07, 6.45) is 0. The molecular formula is C20H12N2O6. The maximum atomic E-state index is 12.9. The van der Waals surface area contributed by atoms with Crippen molar-refractivity contribution in [3.63, 3.8) is 0 Å². The molecule has 0 saturated carbocycles. The number of carbonyl (C=O) groups excluding carboxylic acids is 2. The highest BCUT2D eigenvalue weighted by Gasteiger charge is 2.37. The van der Waals surface area contributed by atoms with Gasteiger partial charge in [0.2, 0.25) is 5.75 Å². The smallest absolute Gasteiger partial charge is 0.352 e. The Hall–Kier alpha value is -4.20. The average molecular weight is 376 g/mol. The van der Waals surface area contributed by atoms with E-state index in [1.54, 1.807) is 6.07 Å². The number of hydrogen-bond acceptors (Lipinski definition) is 7. The summed E-state index contributed by atoms with van der Waals surface area (Å²) in [5, 5.41) is 34.2. The summed E-state index contributed by atoms with van der Waals surface area (Å²) in [5.41, 5.74) is -0.336. The molecule has 0 bridgehead atoms. The number of rotatable bonds is 3. The highest BCUT2D eigenvalue weighted by Crippen LogP contribution is 2.44. The summed E-state index contributed by atoms with van der Waals surface area (Å²) in [5.74, 6) is -3.25. The average Bonchev–Trinajstić information content (AvgIpc) is 2.66. The van der Waals surface area contributed by atoms with E-state index in [2.05, 4.69) is 5.32 Å². The van der Waals surface area contributed by atoms with Crippen LogP contribution in [0, 0.1) is 10.1 Å².